The molecule has 1 N–H and O–H groups in total. The van der Waals surface area contributed by atoms with E-state index >= 15 is 0 Å². The minimum atomic E-state index is -0.119. The van der Waals surface area contributed by atoms with E-state index in [2.05, 4.69) is 45.6 Å². The number of nitrogens with one attached hydrogen (secondary N) is 1. The number of hydrogen-bond acceptors (Lipinski definition) is 3. The van der Waals surface area contributed by atoms with E-state index in [1.807, 2.05) is 0 Å². The van der Waals surface area contributed by atoms with E-state index in [1.54, 1.807) is 12.4 Å². The molecule has 0 aliphatic heterocycles. The molecule has 0 spiro atoms. The number of carbonyl (C=O) groups is 1. The van der Waals surface area contributed by atoms with Crippen LogP contribution in [0.1, 0.15) is 47.7 Å². The first-order valence-electron chi connectivity index (χ1n) is 7.45. The van der Waals surface area contributed by atoms with Gasteiger partial charge >= 0.3 is 0 Å². The summed E-state index contributed by atoms with van der Waals surface area (Å²) in [5.41, 5.74) is 1.80. The minimum absolute atomic E-state index is 0.119. The molecule has 0 saturated heterocycles. The lowest BCUT2D eigenvalue weighted by molar-refractivity contribution is 0.0920. The van der Waals surface area contributed by atoms with Crippen LogP contribution in [0.2, 0.25) is 0 Å². The fraction of sp³-hybridized carbons (Fsp3) is 0.353. The summed E-state index contributed by atoms with van der Waals surface area (Å²) in [7, 11) is 0. The minimum Gasteiger partial charge on any atom is -0.348 e. The molecule has 1 aliphatic carbocycles. The molecule has 0 unspecified atom stereocenters. The first kappa shape index (κ1) is 13.7. The van der Waals surface area contributed by atoms with Crippen molar-refractivity contribution in [3.63, 3.8) is 0 Å². The Morgan fingerprint density at radius 3 is 2.48 bits per heavy atom. The van der Waals surface area contributed by atoms with E-state index in [-0.39, 0.29) is 11.9 Å². The summed E-state index contributed by atoms with van der Waals surface area (Å²) < 4.78 is 0. The number of hydrogen-bond donors (Lipinski definition) is 1. The first-order chi connectivity index (χ1) is 10.3. The van der Waals surface area contributed by atoms with Crippen LogP contribution in [-0.2, 0) is 0 Å². The molecular weight excluding hydrogens is 262 g/mol. The third kappa shape index (κ3) is 3.45. The third-order valence-electron chi connectivity index (χ3n) is 4.13. The van der Waals surface area contributed by atoms with E-state index in [9.17, 15) is 4.79 Å². The number of benzene rings is 1. The third-order valence-corrected chi connectivity index (χ3v) is 4.13. The molecule has 1 aliphatic rings. The molecule has 1 amide bonds. The van der Waals surface area contributed by atoms with Crippen LogP contribution < -0.4 is 5.32 Å². The first-order valence-corrected chi connectivity index (χ1v) is 7.45. The molecule has 1 fully saturated rings. The molecular formula is C17H19N3O. The molecule has 2 aromatic rings. The van der Waals surface area contributed by atoms with Crippen LogP contribution in [-0.4, -0.2) is 21.9 Å². The zero-order chi connectivity index (χ0) is 14.5. The van der Waals surface area contributed by atoms with Gasteiger partial charge in [-0.15, -0.1) is 0 Å². The van der Waals surface area contributed by atoms with Crippen molar-refractivity contribution in [3.8, 4) is 0 Å². The second-order valence-electron chi connectivity index (χ2n) is 5.52. The predicted molar refractivity (Wildman–Crippen MR) is 80.9 cm³/mol. The van der Waals surface area contributed by atoms with Crippen LogP contribution in [0.25, 0.3) is 0 Å². The van der Waals surface area contributed by atoms with Gasteiger partial charge in [-0.1, -0.05) is 30.3 Å². The van der Waals surface area contributed by atoms with Gasteiger partial charge in [-0.2, -0.15) is 0 Å². The molecule has 1 aromatic carbocycles. The summed E-state index contributed by atoms with van der Waals surface area (Å²) in [5.74, 6) is 0.502. The van der Waals surface area contributed by atoms with Crippen LogP contribution >= 0.6 is 0 Å². The Labute approximate surface area is 124 Å². The highest BCUT2D eigenvalue weighted by Gasteiger charge is 2.23. The Kier molecular flexibility index (Phi) is 4.24. The average molecular weight is 281 g/mol. The van der Waals surface area contributed by atoms with Crippen molar-refractivity contribution in [2.45, 2.75) is 37.6 Å². The summed E-state index contributed by atoms with van der Waals surface area (Å²) in [6, 6.07) is 10.9. The average Bonchev–Trinajstić information content (AvgIpc) is 2.57. The highest BCUT2D eigenvalue weighted by Crippen LogP contribution is 2.32. The molecule has 21 heavy (non-hydrogen) atoms. The zero-order valence-corrected chi connectivity index (χ0v) is 11.9. The molecule has 4 nitrogen and oxygen atoms in total. The molecule has 3 rings (SSSR count). The van der Waals surface area contributed by atoms with E-state index in [0.717, 1.165) is 25.7 Å². The van der Waals surface area contributed by atoms with Gasteiger partial charge in [0.05, 0.1) is 6.20 Å². The summed E-state index contributed by atoms with van der Waals surface area (Å²) in [4.78, 5) is 20.0. The van der Waals surface area contributed by atoms with E-state index < -0.39 is 0 Å². The molecule has 1 saturated carbocycles. The summed E-state index contributed by atoms with van der Waals surface area (Å²) in [5, 5.41) is 3.07. The molecule has 0 atom stereocenters. The Balaban J connectivity index is 1.53. The Morgan fingerprint density at radius 1 is 1.05 bits per heavy atom. The van der Waals surface area contributed by atoms with Gasteiger partial charge in [0.2, 0.25) is 0 Å². The maximum absolute atomic E-state index is 12.1. The lowest BCUT2D eigenvalue weighted by atomic mass is 9.82. The number of amides is 1. The second kappa shape index (κ2) is 6.48. The number of carbonyl (C=O) groups excluding carboxylic acids is 1. The summed E-state index contributed by atoms with van der Waals surface area (Å²) in [6.07, 6.45) is 8.90. The van der Waals surface area contributed by atoms with Crippen LogP contribution in [0.15, 0.2) is 48.9 Å². The molecule has 4 heteroatoms. The van der Waals surface area contributed by atoms with E-state index in [0.29, 0.717) is 11.6 Å². The highest BCUT2D eigenvalue weighted by atomic mass is 16.1. The Bertz CT molecular complexity index is 577. The molecule has 0 radical (unpaired) electrons. The van der Waals surface area contributed by atoms with Crippen molar-refractivity contribution in [1.82, 2.24) is 15.3 Å². The lowest BCUT2D eigenvalue weighted by Gasteiger charge is -2.29. The van der Waals surface area contributed by atoms with Crippen molar-refractivity contribution >= 4 is 5.91 Å². The van der Waals surface area contributed by atoms with E-state index in [4.69, 9.17) is 0 Å². The SMILES string of the molecule is O=C(NC1CCC(c2ccccc2)CC1)c1cnccn1. The maximum atomic E-state index is 12.1. The zero-order valence-electron chi connectivity index (χ0n) is 11.9. The van der Waals surface area contributed by atoms with Crippen molar-refractivity contribution in [2.24, 2.45) is 0 Å². The predicted octanol–water partition coefficient (Wildman–Crippen LogP) is 2.93. The highest BCUT2D eigenvalue weighted by molar-refractivity contribution is 5.92. The Hall–Kier alpha value is -2.23. The topological polar surface area (TPSA) is 54.9 Å². The van der Waals surface area contributed by atoms with Crippen LogP contribution in [0.4, 0.5) is 0 Å². The molecule has 108 valence electrons. The van der Waals surface area contributed by atoms with Gasteiger partial charge in [-0.05, 0) is 37.2 Å². The van der Waals surface area contributed by atoms with Crippen LogP contribution in [0, 0.1) is 0 Å². The number of rotatable bonds is 3. The largest absolute Gasteiger partial charge is 0.348 e. The standard InChI is InChI=1S/C17H19N3O/c21-17(16-12-18-10-11-19-16)20-15-8-6-14(7-9-15)13-4-2-1-3-5-13/h1-5,10-12,14-15H,6-9H2,(H,20,21). The fourth-order valence-electron chi connectivity index (χ4n) is 2.97. The second-order valence-corrected chi connectivity index (χ2v) is 5.52. The summed E-state index contributed by atoms with van der Waals surface area (Å²) in [6.45, 7) is 0. The van der Waals surface area contributed by atoms with Crippen LogP contribution in [0.3, 0.4) is 0 Å². The fourth-order valence-corrected chi connectivity index (χ4v) is 2.97. The smallest absolute Gasteiger partial charge is 0.271 e. The van der Waals surface area contributed by atoms with Gasteiger partial charge in [-0.3, -0.25) is 9.78 Å². The molecule has 0 bridgehead atoms. The van der Waals surface area contributed by atoms with Crippen molar-refractivity contribution in [1.29, 1.82) is 0 Å². The van der Waals surface area contributed by atoms with Crippen molar-refractivity contribution in [3.05, 3.63) is 60.2 Å². The van der Waals surface area contributed by atoms with Gasteiger partial charge in [0.25, 0.3) is 5.91 Å². The van der Waals surface area contributed by atoms with Gasteiger partial charge in [0, 0.05) is 18.4 Å². The Morgan fingerprint density at radius 2 is 1.81 bits per heavy atom. The normalized spacial score (nSPS) is 21.7. The summed E-state index contributed by atoms with van der Waals surface area (Å²) >= 11 is 0. The van der Waals surface area contributed by atoms with Gasteiger partial charge in [0.1, 0.15) is 5.69 Å². The van der Waals surface area contributed by atoms with Crippen LogP contribution in [0.5, 0.6) is 0 Å². The van der Waals surface area contributed by atoms with Gasteiger partial charge in [0.15, 0.2) is 0 Å². The monoisotopic (exact) mass is 281 g/mol. The molecule has 1 heterocycles. The van der Waals surface area contributed by atoms with Crippen molar-refractivity contribution < 1.29 is 4.79 Å². The quantitative estimate of drug-likeness (QED) is 0.941. The maximum Gasteiger partial charge on any atom is 0.271 e. The number of aromatic nitrogens is 2. The number of nitrogens with zero attached hydrogens (tertiary/aromatic N) is 2. The van der Waals surface area contributed by atoms with Gasteiger partial charge < -0.3 is 5.32 Å². The van der Waals surface area contributed by atoms with Gasteiger partial charge in [-0.25, -0.2) is 4.98 Å². The lowest BCUT2D eigenvalue weighted by Crippen LogP contribution is -2.37. The van der Waals surface area contributed by atoms with E-state index in [1.165, 1.54) is 11.8 Å². The van der Waals surface area contributed by atoms with Crippen molar-refractivity contribution in [2.75, 3.05) is 0 Å². The molecule has 1 aromatic heterocycles.